The molecule has 0 atom stereocenters. The van der Waals surface area contributed by atoms with Gasteiger partial charge in [0, 0.05) is 10.3 Å². The maximum Gasteiger partial charge on any atom is 0.296 e. The number of aliphatic imine (C=N–C) groups is 1. The second-order valence-electron chi connectivity index (χ2n) is 5.88. The van der Waals surface area contributed by atoms with Gasteiger partial charge in [0.1, 0.15) is 22.2 Å². The number of benzene rings is 2. The summed E-state index contributed by atoms with van der Waals surface area (Å²) in [6, 6.07) is 4.03. The first-order valence-corrected chi connectivity index (χ1v) is 10.2. The van der Waals surface area contributed by atoms with Crippen molar-refractivity contribution in [2.45, 2.75) is 23.6 Å². The Balaban J connectivity index is 2.31. The third kappa shape index (κ3) is 4.48. The lowest BCUT2D eigenvalue weighted by Crippen LogP contribution is -2.04. The number of aromatic hydroxyl groups is 1. The first-order valence-electron chi connectivity index (χ1n) is 8.03. The molecule has 0 spiro atoms. The number of hydrogen-bond donors (Lipinski definition) is 4. The van der Waals surface area contributed by atoms with E-state index in [4.69, 9.17) is 5.26 Å². The molecule has 14 heteroatoms. The lowest BCUT2D eigenvalue weighted by Gasteiger charge is -2.15. The third-order valence-corrected chi connectivity index (χ3v) is 5.25. The Labute approximate surface area is 174 Å². The number of aryl methyl sites for hydroxylation is 2. The van der Waals surface area contributed by atoms with E-state index in [2.05, 4.69) is 41.4 Å². The Kier molecular flexibility index (Phi) is 6.16. The van der Waals surface area contributed by atoms with Crippen molar-refractivity contribution in [3.63, 3.8) is 0 Å². The molecular formula is C16H15N5O7S2. The van der Waals surface area contributed by atoms with Gasteiger partial charge in [-0.05, 0) is 44.2 Å². The summed E-state index contributed by atoms with van der Waals surface area (Å²) in [6.07, 6.45) is 0. The summed E-state index contributed by atoms with van der Waals surface area (Å²) >= 11 is 0.601. The molecule has 0 fully saturated rings. The molecule has 0 aliphatic heterocycles. The van der Waals surface area contributed by atoms with Crippen molar-refractivity contribution in [3.05, 3.63) is 29.8 Å². The van der Waals surface area contributed by atoms with E-state index in [0.717, 1.165) is 6.07 Å². The van der Waals surface area contributed by atoms with E-state index in [1.165, 1.54) is 12.1 Å². The van der Waals surface area contributed by atoms with Gasteiger partial charge >= 0.3 is 0 Å². The second kappa shape index (κ2) is 8.47. The SMILES string of the molecule is C=Nc1c(S(=O)(=O)O)cc2cc(SOOO)cc(Nc3nc(C)nc(C)n3)c2c1O. The minimum Gasteiger partial charge on any atom is -0.505 e. The average Bonchev–Trinajstić information content (AvgIpc) is 2.64. The van der Waals surface area contributed by atoms with Gasteiger partial charge in [-0.25, -0.2) is 10.2 Å². The molecule has 1 aromatic heterocycles. The maximum absolute atomic E-state index is 11.7. The van der Waals surface area contributed by atoms with E-state index < -0.39 is 26.5 Å². The number of anilines is 2. The van der Waals surface area contributed by atoms with Gasteiger partial charge in [-0.15, -0.1) is 4.33 Å². The highest BCUT2D eigenvalue weighted by Crippen LogP contribution is 2.45. The number of nitrogens with zero attached hydrogens (tertiary/aromatic N) is 4. The highest BCUT2D eigenvalue weighted by Gasteiger charge is 2.23. The van der Waals surface area contributed by atoms with Gasteiger partial charge in [0.2, 0.25) is 5.95 Å². The van der Waals surface area contributed by atoms with Gasteiger partial charge in [-0.1, -0.05) is 5.04 Å². The summed E-state index contributed by atoms with van der Waals surface area (Å²) in [5.41, 5.74) is -0.183. The quantitative estimate of drug-likeness (QED) is 0.135. The predicted molar refractivity (Wildman–Crippen MR) is 108 cm³/mol. The van der Waals surface area contributed by atoms with Gasteiger partial charge in [0.15, 0.2) is 5.75 Å². The Morgan fingerprint density at radius 2 is 1.83 bits per heavy atom. The molecule has 0 unspecified atom stereocenters. The summed E-state index contributed by atoms with van der Waals surface area (Å²) in [4.78, 5) is 15.7. The summed E-state index contributed by atoms with van der Waals surface area (Å²) in [5, 5.41) is 26.0. The van der Waals surface area contributed by atoms with Crippen molar-refractivity contribution in [1.29, 1.82) is 0 Å². The van der Waals surface area contributed by atoms with E-state index in [0.29, 0.717) is 28.6 Å². The molecule has 30 heavy (non-hydrogen) atoms. The summed E-state index contributed by atoms with van der Waals surface area (Å²) in [7, 11) is -4.72. The van der Waals surface area contributed by atoms with Gasteiger partial charge in [0.25, 0.3) is 10.1 Å². The normalized spacial score (nSPS) is 11.6. The van der Waals surface area contributed by atoms with Crippen molar-refractivity contribution in [2.75, 3.05) is 5.32 Å². The Hall–Kier alpha value is -2.88. The van der Waals surface area contributed by atoms with Crippen LogP contribution in [0.15, 0.2) is 33.0 Å². The van der Waals surface area contributed by atoms with Crippen LogP contribution >= 0.6 is 12.0 Å². The fourth-order valence-corrected chi connectivity index (χ4v) is 3.93. The number of aromatic nitrogens is 3. The average molecular weight is 453 g/mol. The van der Waals surface area contributed by atoms with Crippen LogP contribution in [0.25, 0.3) is 10.8 Å². The zero-order chi connectivity index (χ0) is 22.1. The first-order chi connectivity index (χ1) is 14.1. The Morgan fingerprint density at radius 1 is 1.17 bits per heavy atom. The third-order valence-electron chi connectivity index (χ3n) is 3.83. The van der Waals surface area contributed by atoms with Gasteiger partial charge in [0.05, 0.1) is 17.7 Å². The van der Waals surface area contributed by atoms with E-state index in [1.54, 1.807) is 13.8 Å². The molecule has 0 bridgehead atoms. The molecule has 0 amide bonds. The highest BCUT2D eigenvalue weighted by atomic mass is 32.2. The zero-order valence-corrected chi connectivity index (χ0v) is 17.2. The molecule has 3 rings (SSSR count). The van der Waals surface area contributed by atoms with Gasteiger partial charge in [-0.2, -0.15) is 18.4 Å². The largest absolute Gasteiger partial charge is 0.505 e. The summed E-state index contributed by atoms with van der Waals surface area (Å²) < 4.78 is 37.4. The first kappa shape index (κ1) is 21.8. The van der Waals surface area contributed by atoms with E-state index >= 15 is 0 Å². The van der Waals surface area contributed by atoms with Crippen LogP contribution in [-0.2, 0) is 19.5 Å². The molecule has 0 radical (unpaired) electrons. The molecule has 0 aliphatic rings. The zero-order valence-electron chi connectivity index (χ0n) is 15.5. The topological polar surface area (TPSA) is 176 Å². The number of phenols is 1. The number of fused-ring (bicyclic) bond motifs is 1. The molecule has 4 N–H and O–H groups in total. The van der Waals surface area contributed by atoms with Crippen LogP contribution in [0.5, 0.6) is 5.75 Å². The van der Waals surface area contributed by atoms with Crippen molar-refractivity contribution < 1.29 is 32.7 Å². The van der Waals surface area contributed by atoms with Crippen LogP contribution in [-0.4, -0.2) is 45.0 Å². The van der Waals surface area contributed by atoms with Gasteiger partial charge < -0.3 is 10.4 Å². The molecule has 0 aliphatic carbocycles. The van der Waals surface area contributed by atoms with Crippen LogP contribution in [0, 0.1) is 13.8 Å². The van der Waals surface area contributed by atoms with Crippen LogP contribution in [0.1, 0.15) is 11.6 Å². The van der Waals surface area contributed by atoms with Gasteiger partial charge in [-0.3, -0.25) is 9.55 Å². The van der Waals surface area contributed by atoms with E-state index in [-0.39, 0.29) is 22.4 Å². The van der Waals surface area contributed by atoms with Crippen molar-refractivity contribution in [3.8, 4) is 5.75 Å². The molecular weight excluding hydrogens is 438 g/mol. The lowest BCUT2D eigenvalue weighted by atomic mass is 10.1. The van der Waals surface area contributed by atoms with Crippen LogP contribution in [0.3, 0.4) is 0 Å². The predicted octanol–water partition coefficient (Wildman–Crippen LogP) is 3.10. The number of rotatable bonds is 7. The summed E-state index contributed by atoms with van der Waals surface area (Å²) in [5.74, 6) is 0.511. The summed E-state index contributed by atoms with van der Waals surface area (Å²) in [6.45, 7) is 6.61. The molecule has 158 valence electrons. The minimum atomic E-state index is -4.72. The molecule has 1 heterocycles. The smallest absolute Gasteiger partial charge is 0.296 e. The Bertz CT molecular complexity index is 1230. The number of hydrogen-bond acceptors (Lipinski definition) is 12. The Morgan fingerprint density at radius 3 is 2.40 bits per heavy atom. The van der Waals surface area contributed by atoms with Crippen LogP contribution < -0.4 is 5.32 Å². The standard InChI is InChI=1S/C16H15N5O7S2/c1-7-18-8(2)20-16(19-7)21-11-6-10(29-28-27-23)4-9-5-12(30(24,25)26)14(17-3)15(22)13(9)11/h4-6,22-23H,3H2,1-2H3,(H,24,25,26)(H,18,19,20,21). The molecule has 2 aromatic carbocycles. The molecule has 12 nitrogen and oxygen atoms in total. The van der Waals surface area contributed by atoms with Crippen LogP contribution in [0.4, 0.5) is 17.3 Å². The number of nitrogens with one attached hydrogen (secondary N) is 1. The molecule has 0 saturated carbocycles. The van der Waals surface area contributed by atoms with Crippen molar-refractivity contribution in [2.24, 2.45) is 4.99 Å². The number of phenolic OH excluding ortho intramolecular Hbond substituents is 1. The minimum absolute atomic E-state index is 0.148. The van der Waals surface area contributed by atoms with Crippen molar-refractivity contribution in [1.82, 2.24) is 15.0 Å². The monoisotopic (exact) mass is 453 g/mol. The highest BCUT2D eigenvalue weighted by molar-refractivity contribution is 7.94. The fourth-order valence-electron chi connectivity index (χ4n) is 2.80. The molecule has 0 saturated heterocycles. The fraction of sp³-hybridized carbons (Fsp3) is 0.125. The van der Waals surface area contributed by atoms with Crippen LogP contribution in [0.2, 0.25) is 0 Å². The second-order valence-corrected chi connectivity index (χ2v) is 8.04. The lowest BCUT2D eigenvalue weighted by molar-refractivity contribution is -0.432. The maximum atomic E-state index is 11.7. The van der Waals surface area contributed by atoms with Crippen molar-refractivity contribution >= 4 is 57.0 Å². The van der Waals surface area contributed by atoms with E-state index in [1.807, 2.05) is 0 Å². The van der Waals surface area contributed by atoms with E-state index in [9.17, 15) is 18.1 Å². The molecule has 3 aromatic rings.